The number of ether oxygens (including phenoxy) is 1. The topological polar surface area (TPSA) is 26.3 Å². The summed E-state index contributed by atoms with van der Waals surface area (Å²) in [6.07, 6.45) is -6.15. The van der Waals surface area contributed by atoms with E-state index in [0.717, 1.165) is 0 Å². The smallest absolute Gasteiger partial charge is 0.460 e. The van der Waals surface area contributed by atoms with E-state index in [4.69, 9.17) is 0 Å². The lowest BCUT2D eigenvalue weighted by Crippen LogP contribution is -2.56. The lowest BCUT2D eigenvalue weighted by molar-refractivity contribution is -0.348. The molecule has 0 rings (SSSR count). The summed E-state index contributed by atoms with van der Waals surface area (Å²) in [7, 11) is 0. The van der Waals surface area contributed by atoms with Crippen LogP contribution in [0.15, 0.2) is 0 Å². The first-order chi connectivity index (χ1) is 7.88. The van der Waals surface area contributed by atoms with Crippen LogP contribution in [0.3, 0.4) is 0 Å². The summed E-state index contributed by atoms with van der Waals surface area (Å²) in [5.41, 5.74) is 0. The third kappa shape index (κ3) is 3.26. The molecule has 18 heavy (non-hydrogen) atoms. The predicted octanol–water partition coefficient (Wildman–Crippen LogP) is 3.41. The molecule has 0 saturated carbocycles. The van der Waals surface area contributed by atoms with Gasteiger partial charge in [-0.05, 0) is 5.92 Å². The van der Waals surface area contributed by atoms with E-state index in [-0.39, 0.29) is 0 Å². The number of halogens is 7. The van der Waals surface area contributed by atoms with Crippen molar-refractivity contribution in [3.05, 3.63) is 0 Å². The molecule has 108 valence electrons. The minimum Gasteiger partial charge on any atom is -0.461 e. The van der Waals surface area contributed by atoms with Gasteiger partial charge in [0.25, 0.3) is 0 Å². The highest BCUT2D eigenvalue weighted by atomic mass is 19.4. The maximum absolute atomic E-state index is 12.7. The molecule has 0 aliphatic carbocycles. The van der Waals surface area contributed by atoms with E-state index in [1.165, 1.54) is 6.92 Å². The molecule has 0 spiro atoms. The van der Waals surface area contributed by atoms with Crippen molar-refractivity contribution in [3.63, 3.8) is 0 Å². The average Bonchev–Trinajstić information content (AvgIpc) is 2.23. The van der Waals surface area contributed by atoms with Crippen molar-refractivity contribution in [2.45, 2.75) is 38.3 Å². The van der Waals surface area contributed by atoms with Gasteiger partial charge in [-0.1, -0.05) is 20.3 Å². The van der Waals surface area contributed by atoms with Gasteiger partial charge in [-0.25, -0.2) is 4.79 Å². The molecule has 0 N–H and O–H groups in total. The van der Waals surface area contributed by atoms with Crippen LogP contribution in [-0.2, 0) is 9.53 Å². The van der Waals surface area contributed by atoms with E-state index in [0.29, 0.717) is 6.42 Å². The first-order valence-corrected chi connectivity index (χ1v) is 4.87. The number of carbonyl (C=O) groups is 1. The number of esters is 1. The summed E-state index contributed by atoms with van der Waals surface area (Å²) >= 11 is 0. The first kappa shape index (κ1) is 17.0. The van der Waals surface area contributed by atoms with Crippen molar-refractivity contribution in [1.82, 2.24) is 0 Å². The number of hydrogen-bond acceptors (Lipinski definition) is 2. The van der Waals surface area contributed by atoms with Crippen molar-refractivity contribution in [2.24, 2.45) is 5.92 Å². The van der Waals surface area contributed by atoms with Crippen molar-refractivity contribution in [3.8, 4) is 0 Å². The van der Waals surface area contributed by atoms with Gasteiger partial charge in [0.2, 0.25) is 0 Å². The maximum Gasteiger partial charge on any atom is 0.460 e. The third-order valence-electron chi connectivity index (χ3n) is 2.20. The first-order valence-electron chi connectivity index (χ1n) is 4.87. The Labute approximate surface area is 98.1 Å². The molecule has 0 radical (unpaired) electrons. The van der Waals surface area contributed by atoms with Crippen molar-refractivity contribution >= 4 is 5.97 Å². The molecule has 0 bridgehead atoms. The zero-order valence-electron chi connectivity index (χ0n) is 9.45. The Hall–Kier alpha value is -1.02. The van der Waals surface area contributed by atoms with Crippen LogP contribution in [-0.4, -0.2) is 30.6 Å². The van der Waals surface area contributed by atoms with Gasteiger partial charge in [-0.15, -0.1) is 0 Å². The summed E-state index contributed by atoms with van der Waals surface area (Å²) in [6.45, 7) is 2.40. The number of alkyl halides is 7. The second kappa shape index (κ2) is 5.31. The largest absolute Gasteiger partial charge is 0.461 e. The van der Waals surface area contributed by atoms with Gasteiger partial charge >= 0.3 is 24.0 Å². The summed E-state index contributed by atoms with van der Waals surface area (Å²) in [5.74, 6) is -15.7. The molecule has 2 nitrogen and oxygen atoms in total. The molecule has 0 fully saturated rings. The molecule has 0 aromatic rings. The molecule has 0 amide bonds. The van der Waals surface area contributed by atoms with Gasteiger partial charge in [-0.3, -0.25) is 0 Å². The summed E-state index contributed by atoms with van der Waals surface area (Å²) in [5, 5.41) is 0. The van der Waals surface area contributed by atoms with E-state index >= 15 is 0 Å². The molecule has 0 aromatic heterocycles. The van der Waals surface area contributed by atoms with Crippen LogP contribution in [0.25, 0.3) is 0 Å². The quantitative estimate of drug-likeness (QED) is 0.571. The molecule has 9 heteroatoms. The van der Waals surface area contributed by atoms with Gasteiger partial charge in [0.05, 0.1) is 6.61 Å². The van der Waals surface area contributed by atoms with Gasteiger partial charge in [-0.2, -0.15) is 30.7 Å². The highest BCUT2D eigenvalue weighted by Gasteiger charge is 2.77. The highest BCUT2D eigenvalue weighted by molar-refractivity contribution is 5.79. The lowest BCUT2D eigenvalue weighted by Gasteiger charge is -2.26. The third-order valence-corrected chi connectivity index (χ3v) is 2.20. The Balaban J connectivity index is 4.87. The highest BCUT2D eigenvalue weighted by Crippen LogP contribution is 2.46. The normalized spacial score (nSPS) is 15.4. The number of hydrogen-bond donors (Lipinski definition) is 0. The van der Waals surface area contributed by atoms with Crippen molar-refractivity contribution in [2.75, 3.05) is 6.61 Å². The fourth-order valence-electron chi connectivity index (χ4n) is 0.733. The van der Waals surface area contributed by atoms with Crippen LogP contribution in [0.5, 0.6) is 0 Å². The molecule has 0 aromatic carbocycles. The molecule has 0 heterocycles. The zero-order valence-corrected chi connectivity index (χ0v) is 9.45. The second-order valence-electron chi connectivity index (χ2n) is 3.76. The summed E-state index contributed by atoms with van der Waals surface area (Å²) < 4.78 is 89.1. The number of carbonyl (C=O) groups excluding carboxylic acids is 1. The molecule has 1 atom stereocenters. The van der Waals surface area contributed by atoms with Crippen LogP contribution < -0.4 is 0 Å². The second-order valence-corrected chi connectivity index (χ2v) is 3.76. The summed E-state index contributed by atoms with van der Waals surface area (Å²) in [6, 6.07) is 0. The van der Waals surface area contributed by atoms with E-state index in [1.54, 1.807) is 6.92 Å². The summed E-state index contributed by atoms with van der Waals surface area (Å²) in [4.78, 5) is 10.6. The van der Waals surface area contributed by atoms with Crippen molar-refractivity contribution < 1.29 is 40.3 Å². The van der Waals surface area contributed by atoms with Crippen LogP contribution in [0, 0.1) is 5.92 Å². The van der Waals surface area contributed by atoms with E-state index < -0.39 is 36.5 Å². The van der Waals surface area contributed by atoms with Gasteiger partial charge in [0, 0.05) is 0 Å². The van der Waals surface area contributed by atoms with Gasteiger partial charge < -0.3 is 4.74 Å². The Kier molecular flexibility index (Phi) is 5.01. The Bertz CT molecular complexity index is 298. The van der Waals surface area contributed by atoms with Crippen LogP contribution in [0.2, 0.25) is 0 Å². The Morgan fingerprint density at radius 1 is 1.11 bits per heavy atom. The van der Waals surface area contributed by atoms with Crippen LogP contribution in [0.1, 0.15) is 20.3 Å². The molecule has 0 saturated heterocycles. The number of rotatable bonds is 5. The molecule has 0 aliphatic heterocycles. The van der Waals surface area contributed by atoms with Crippen LogP contribution in [0.4, 0.5) is 30.7 Å². The minimum atomic E-state index is -6.54. The average molecular weight is 284 g/mol. The Morgan fingerprint density at radius 2 is 1.56 bits per heavy atom. The van der Waals surface area contributed by atoms with Gasteiger partial charge in [0.15, 0.2) is 0 Å². The molecule has 0 aliphatic rings. The fourth-order valence-corrected chi connectivity index (χ4v) is 0.733. The molecular formula is C9H11F7O2. The monoisotopic (exact) mass is 284 g/mol. The minimum absolute atomic E-state index is 0.383. The standard InChI is InChI=1S/C9H11F7O2/c1-3-5(2)4-18-6(17)7(10,11)8(12,13)9(14,15)16/h5H,3-4H2,1-2H3. The lowest BCUT2D eigenvalue weighted by atomic mass is 10.1. The zero-order chi connectivity index (χ0) is 14.8. The maximum atomic E-state index is 12.7. The van der Waals surface area contributed by atoms with Crippen LogP contribution >= 0.6 is 0 Å². The predicted molar refractivity (Wildman–Crippen MR) is 46.4 cm³/mol. The van der Waals surface area contributed by atoms with Gasteiger partial charge in [0.1, 0.15) is 0 Å². The fraction of sp³-hybridized carbons (Fsp3) is 0.889. The van der Waals surface area contributed by atoms with E-state index in [2.05, 4.69) is 4.74 Å². The van der Waals surface area contributed by atoms with E-state index in [1.807, 2.05) is 0 Å². The van der Waals surface area contributed by atoms with E-state index in [9.17, 15) is 35.5 Å². The molecular weight excluding hydrogens is 273 g/mol. The molecule has 1 unspecified atom stereocenters. The Morgan fingerprint density at radius 3 is 1.89 bits per heavy atom. The SMILES string of the molecule is CCC(C)COC(=O)C(F)(F)C(F)(F)C(F)(F)F. The van der Waals surface area contributed by atoms with Crippen molar-refractivity contribution in [1.29, 1.82) is 0 Å².